The second kappa shape index (κ2) is 6.78. The Balaban J connectivity index is 0.000000293. The van der Waals surface area contributed by atoms with Crippen molar-refractivity contribution in [3.05, 3.63) is 35.9 Å². The molecule has 0 amide bonds. The quantitative estimate of drug-likeness (QED) is 0.615. The molecule has 0 radical (unpaired) electrons. The van der Waals surface area contributed by atoms with Crippen LogP contribution in [-0.2, 0) is 11.3 Å². The minimum absolute atomic E-state index is 0.292. The zero-order chi connectivity index (χ0) is 12.6. The van der Waals surface area contributed by atoms with Crippen molar-refractivity contribution in [1.82, 2.24) is 5.54 Å². The molecule has 0 heterocycles. The van der Waals surface area contributed by atoms with Gasteiger partial charge < -0.3 is 5.11 Å². The Morgan fingerprint density at radius 2 is 1.69 bits per heavy atom. The standard InChI is InChI=1S/C7H8FN.C2HF3O2/c8-9-6-7-4-2-1-3-5-7;3-2(4,5)1(6)7/h1-5,9H,6H2;(H,6,7). The van der Waals surface area contributed by atoms with Crippen LogP contribution in [0.15, 0.2) is 30.3 Å². The van der Waals surface area contributed by atoms with Crippen LogP contribution in [0, 0.1) is 0 Å². The number of hydrogen-bond donors (Lipinski definition) is 2. The number of halogens is 4. The summed E-state index contributed by atoms with van der Waals surface area (Å²) in [4.78, 5) is 8.90. The topological polar surface area (TPSA) is 49.3 Å². The lowest BCUT2D eigenvalue weighted by Crippen LogP contribution is -2.21. The highest BCUT2D eigenvalue weighted by atomic mass is 19.4. The van der Waals surface area contributed by atoms with Crippen LogP contribution in [0.4, 0.5) is 17.7 Å². The zero-order valence-corrected chi connectivity index (χ0v) is 7.96. The molecule has 0 bridgehead atoms. The van der Waals surface area contributed by atoms with Crippen molar-refractivity contribution in [3.63, 3.8) is 0 Å². The molecule has 90 valence electrons. The van der Waals surface area contributed by atoms with Gasteiger partial charge in [-0.05, 0) is 5.56 Å². The monoisotopic (exact) mass is 239 g/mol. The number of rotatable bonds is 2. The SMILES string of the molecule is FNCc1ccccc1.O=C(O)C(F)(F)F. The van der Waals surface area contributed by atoms with E-state index in [9.17, 15) is 17.7 Å². The van der Waals surface area contributed by atoms with Crippen LogP contribution in [0.25, 0.3) is 0 Å². The van der Waals surface area contributed by atoms with E-state index in [0.29, 0.717) is 6.54 Å². The van der Waals surface area contributed by atoms with Crippen molar-refractivity contribution < 1.29 is 27.6 Å². The maximum atomic E-state index is 11.4. The Morgan fingerprint density at radius 3 is 2.00 bits per heavy atom. The summed E-state index contributed by atoms with van der Waals surface area (Å²) in [5.74, 6) is -2.76. The molecule has 0 saturated carbocycles. The van der Waals surface area contributed by atoms with E-state index in [2.05, 4.69) is 0 Å². The Morgan fingerprint density at radius 1 is 1.25 bits per heavy atom. The van der Waals surface area contributed by atoms with Crippen LogP contribution in [0.2, 0.25) is 0 Å². The highest BCUT2D eigenvalue weighted by molar-refractivity contribution is 5.73. The molecule has 3 nitrogen and oxygen atoms in total. The predicted molar refractivity (Wildman–Crippen MR) is 48.1 cm³/mol. The molecular formula is C9H9F4NO2. The first kappa shape index (κ1) is 14.4. The van der Waals surface area contributed by atoms with Gasteiger partial charge in [-0.3, -0.25) is 0 Å². The third-order valence-electron chi connectivity index (χ3n) is 1.36. The van der Waals surface area contributed by atoms with Gasteiger partial charge in [0.05, 0.1) is 6.54 Å². The minimum Gasteiger partial charge on any atom is -0.475 e. The molecule has 2 N–H and O–H groups in total. The van der Waals surface area contributed by atoms with Gasteiger partial charge in [0.1, 0.15) is 0 Å². The Kier molecular flexibility index (Phi) is 6.09. The van der Waals surface area contributed by atoms with Crippen LogP contribution in [0.3, 0.4) is 0 Å². The van der Waals surface area contributed by atoms with Gasteiger partial charge in [0.15, 0.2) is 0 Å². The van der Waals surface area contributed by atoms with E-state index in [1.54, 1.807) is 5.54 Å². The van der Waals surface area contributed by atoms with E-state index in [1.807, 2.05) is 30.3 Å². The summed E-state index contributed by atoms with van der Waals surface area (Å²) < 4.78 is 43.2. The summed E-state index contributed by atoms with van der Waals surface area (Å²) in [7, 11) is 0. The van der Waals surface area contributed by atoms with E-state index in [-0.39, 0.29) is 0 Å². The molecule has 0 aliphatic rings. The van der Waals surface area contributed by atoms with Crippen molar-refractivity contribution in [3.8, 4) is 0 Å². The van der Waals surface area contributed by atoms with Crippen LogP contribution in [0.5, 0.6) is 0 Å². The molecule has 0 aliphatic heterocycles. The molecule has 7 heteroatoms. The molecule has 1 aromatic rings. The molecule has 0 aliphatic carbocycles. The second-order valence-corrected chi connectivity index (χ2v) is 2.60. The Hall–Kier alpha value is -1.63. The summed E-state index contributed by atoms with van der Waals surface area (Å²) in [5, 5.41) is 7.12. The minimum atomic E-state index is -5.08. The molecule has 0 aromatic heterocycles. The smallest absolute Gasteiger partial charge is 0.475 e. The van der Waals surface area contributed by atoms with Gasteiger partial charge in [-0.25, -0.2) is 4.79 Å². The molecule has 0 saturated heterocycles. The Labute approximate surface area is 88.6 Å². The number of benzene rings is 1. The molecule has 0 unspecified atom stereocenters. The highest BCUT2D eigenvalue weighted by Crippen LogP contribution is 2.13. The Bertz CT molecular complexity index is 313. The van der Waals surface area contributed by atoms with Crippen LogP contribution >= 0.6 is 0 Å². The number of carboxylic acids is 1. The van der Waals surface area contributed by atoms with E-state index < -0.39 is 12.1 Å². The normalized spacial score (nSPS) is 10.2. The van der Waals surface area contributed by atoms with Crippen molar-refractivity contribution in [2.75, 3.05) is 0 Å². The highest BCUT2D eigenvalue weighted by Gasteiger charge is 2.38. The summed E-state index contributed by atoms with van der Waals surface area (Å²) in [6.07, 6.45) is -5.08. The van der Waals surface area contributed by atoms with Gasteiger partial charge in [0, 0.05) is 0 Å². The maximum absolute atomic E-state index is 11.4. The van der Waals surface area contributed by atoms with Gasteiger partial charge in [-0.1, -0.05) is 30.3 Å². The van der Waals surface area contributed by atoms with Gasteiger partial charge in [0.2, 0.25) is 0 Å². The molecule has 16 heavy (non-hydrogen) atoms. The number of carbonyl (C=O) groups is 1. The third-order valence-corrected chi connectivity index (χ3v) is 1.36. The van der Waals surface area contributed by atoms with Crippen molar-refractivity contribution in [2.24, 2.45) is 0 Å². The molecule has 0 atom stereocenters. The second-order valence-electron chi connectivity index (χ2n) is 2.60. The van der Waals surface area contributed by atoms with Gasteiger partial charge >= 0.3 is 12.1 Å². The van der Waals surface area contributed by atoms with Gasteiger partial charge in [-0.2, -0.15) is 18.7 Å². The fraction of sp³-hybridized carbons (Fsp3) is 0.222. The predicted octanol–water partition coefficient (Wildman–Crippen LogP) is 2.29. The summed E-state index contributed by atoms with van der Waals surface area (Å²) >= 11 is 0. The van der Waals surface area contributed by atoms with Crippen LogP contribution < -0.4 is 5.54 Å². The first-order valence-corrected chi connectivity index (χ1v) is 4.05. The third kappa shape index (κ3) is 6.77. The number of aliphatic carboxylic acids is 1. The molecular weight excluding hydrogens is 230 g/mol. The molecule has 1 rings (SSSR count). The number of alkyl halides is 3. The number of carboxylic acid groups (broad SMARTS) is 1. The maximum Gasteiger partial charge on any atom is 0.490 e. The van der Waals surface area contributed by atoms with Crippen molar-refractivity contribution >= 4 is 5.97 Å². The fourth-order valence-corrected chi connectivity index (χ4v) is 0.673. The van der Waals surface area contributed by atoms with Gasteiger partial charge in [-0.15, -0.1) is 4.48 Å². The lowest BCUT2D eigenvalue weighted by atomic mass is 10.2. The average Bonchev–Trinajstić information content (AvgIpc) is 2.19. The van der Waals surface area contributed by atoms with E-state index in [0.717, 1.165) is 5.56 Å². The lowest BCUT2D eigenvalue weighted by Gasteiger charge is -1.93. The molecule has 1 aromatic carbocycles. The first-order chi connectivity index (χ1) is 7.38. The van der Waals surface area contributed by atoms with E-state index in [4.69, 9.17) is 9.90 Å². The van der Waals surface area contributed by atoms with Crippen LogP contribution in [-0.4, -0.2) is 17.3 Å². The average molecular weight is 239 g/mol. The van der Waals surface area contributed by atoms with Crippen LogP contribution in [0.1, 0.15) is 5.56 Å². The molecule has 0 spiro atoms. The van der Waals surface area contributed by atoms with E-state index >= 15 is 0 Å². The van der Waals surface area contributed by atoms with Crippen molar-refractivity contribution in [1.29, 1.82) is 0 Å². The summed E-state index contributed by atoms with van der Waals surface area (Å²) in [5.41, 5.74) is 2.54. The number of hydrogen-bond acceptors (Lipinski definition) is 2. The summed E-state index contributed by atoms with van der Waals surface area (Å²) in [6, 6.07) is 9.40. The first-order valence-electron chi connectivity index (χ1n) is 4.05. The van der Waals surface area contributed by atoms with Gasteiger partial charge in [0.25, 0.3) is 0 Å². The molecule has 0 fully saturated rings. The van der Waals surface area contributed by atoms with E-state index in [1.165, 1.54) is 0 Å². The fourth-order valence-electron chi connectivity index (χ4n) is 0.673. The largest absolute Gasteiger partial charge is 0.490 e. The number of nitrogens with one attached hydrogen (secondary N) is 1. The van der Waals surface area contributed by atoms with Crippen molar-refractivity contribution in [2.45, 2.75) is 12.7 Å². The summed E-state index contributed by atoms with van der Waals surface area (Å²) in [6.45, 7) is 0.292. The lowest BCUT2D eigenvalue weighted by molar-refractivity contribution is -0.192. The zero-order valence-electron chi connectivity index (χ0n) is 7.96.